The standard InChI is InChI=1S/C27H25ClFN5O4/c1-31-7-12-34(26(31)36)23-4-3-17(13-22(23)28)20-15-19(29)16-21(25(20)35)18-5-6-30-24(14-18)32-8-10-33(11-9-32)27(37)38-2/h3-7,12-16,35H,8-11H2,1-2H3. The van der Waals surface area contributed by atoms with Crippen LogP contribution >= 0.6 is 11.6 Å². The number of aromatic hydroxyl groups is 1. The van der Waals surface area contributed by atoms with Crippen molar-refractivity contribution in [3.63, 3.8) is 0 Å². The number of nitrogens with zero attached hydrogens (tertiary/aromatic N) is 5. The molecule has 1 amide bonds. The molecule has 5 rings (SSSR count). The number of halogens is 2. The largest absolute Gasteiger partial charge is 0.507 e. The van der Waals surface area contributed by atoms with Crippen molar-refractivity contribution in [1.29, 1.82) is 0 Å². The molecule has 1 N–H and O–H groups in total. The number of benzene rings is 2. The highest BCUT2D eigenvalue weighted by Gasteiger charge is 2.23. The third-order valence-corrected chi connectivity index (χ3v) is 6.94. The van der Waals surface area contributed by atoms with E-state index in [4.69, 9.17) is 16.3 Å². The number of methoxy groups -OCH3 is 1. The monoisotopic (exact) mass is 537 g/mol. The van der Waals surface area contributed by atoms with Crippen molar-refractivity contribution in [1.82, 2.24) is 19.0 Å². The van der Waals surface area contributed by atoms with Crippen molar-refractivity contribution in [2.45, 2.75) is 0 Å². The van der Waals surface area contributed by atoms with Gasteiger partial charge >= 0.3 is 11.8 Å². The van der Waals surface area contributed by atoms with Crippen LogP contribution < -0.4 is 10.6 Å². The lowest BCUT2D eigenvalue weighted by Gasteiger charge is -2.34. The molecule has 11 heteroatoms. The third kappa shape index (κ3) is 4.70. The van der Waals surface area contributed by atoms with Crippen LogP contribution in [-0.4, -0.2) is 63.5 Å². The second-order valence-electron chi connectivity index (χ2n) is 8.92. The first-order valence-electron chi connectivity index (χ1n) is 11.9. The second-order valence-corrected chi connectivity index (χ2v) is 9.33. The highest BCUT2D eigenvalue weighted by Crippen LogP contribution is 2.41. The number of phenols is 1. The van der Waals surface area contributed by atoms with Crippen LogP contribution in [0.2, 0.25) is 5.02 Å². The molecule has 2 aromatic carbocycles. The lowest BCUT2D eigenvalue weighted by molar-refractivity contribution is 0.121. The quantitative estimate of drug-likeness (QED) is 0.417. The smallest absolute Gasteiger partial charge is 0.409 e. The Morgan fingerprint density at radius 1 is 1.03 bits per heavy atom. The molecule has 1 aliphatic rings. The molecule has 0 saturated carbocycles. The number of hydrogen-bond donors (Lipinski definition) is 1. The Morgan fingerprint density at radius 3 is 2.32 bits per heavy atom. The Hall–Kier alpha value is -4.31. The number of aryl methyl sites for hydroxylation is 1. The van der Waals surface area contributed by atoms with Crippen LogP contribution in [0, 0.1) is 5.82 Å². The zero-order valence-corrected chi connectivity index (χ0v) is 21.5. The highest BCUT2D eigenvalue weighted by molar-refractivity contribution is 6.32. The maximum atomic E-state index is 14.8. The summed E-state index contributed by atoms with van der Waals surface area (Å²) < 4.78 is 22.4. The number of ether oxygens (including phenoxy) is 1. The summed E-state index contributed by atoms with van der Waals surface area (Å²) in [5, 5.41) is 11.5. The van der Waals surface area contributed by atoms with Gasteiger partial charge in [-0.3, -0.25) is 4.57 Å². The van der Waals surface area contributed by atoms with Crippen molar-refractivity contribution < 1.29 is 19.0 Å². The van der Waals surface area contributed by atoms with Gasteiger partial charge in [0.05, 0.1) is 17.8 Å². The van der Waals surface area contributed by atoms with E-state index in [0.29, 0.717) is 54.4 Å². The van der Waals surface area contributed by atoms with Gasteiger partial charge in [0.2, 0.25) is 0 Å². The number of aromatic nitrogens is 3. The third-order valence-electron chi connectivity index (χ3n) is 6.63. The maximum absolute atomic E-state index is 14.8. The number of hydrogen-bond acceptors (Lipinski definition) is 6. The summed E-state index contributed by atoms with van der Waals surface area (Å²) in [6.07, 6.45) is 4.47. The van der Waals surface area contributed by atoms with Gasteiger partial charge in [0.25, 0.3) is 0 Å². The molecule has 2 aromatic heterocycles. The zero-order chi connectivity index (χ0) is 27.0. The Bertz CT molecular complexity index is 1580. The van der Waals surface area contributed by atoms with Gasteiger partial charge in [-0.25, -0.2) is 19.0 Å². The van der Waals surface area contributed by atoms with Gasteiger partial charge in [-0.2, -0.15) is 0 Å². The number of pyridine rings is 1. The van der Waals surface area contributed by atoms with Crippen LogP contribution in [0.15, 0.2) is 65.8 Å². The minimum Gasteiger partial charge on any atom is -0.507 e. The van der Waals surface area contributed by atoms with E-state index in [1.807, 2.05) is 4.90 Å². The molecular weight excluding hydrogens is 513 g/mol. The normalized spacial score (nSPS) is 13.6. The number of amides is 1. The molecule has 0 atom stereocenters. The molecular formula is C27H25ClFN5O4. The maximum Gasteiger partial charge on any atom is 0.409 e. The van der Waals surface area contributed by atoms with E-state index >= 15 is 0 Å². The van der Waals surface area contributed by atoms with Gasteiger partial charge in [-0.1, -0.05) is 17.7 Å². The highest BCUT2D eigenvalue weighted by atomic mass is 35.5. The van der Waals surface area contributed by atoms with E-state index in [1.54, 1.807) is 60.9 Å². The number of carbonyl (C=O) groups is 1. The Kier molecular flexibility index (Phi) is 6.81. The van der Waals surface area contributed by atoms with Crippen molar-refractivity contribution in [3.05, 3.63) is 82.4 Å². The predicted octanol–water partition coefficient (Wildman–Crippen LogP) is 4.29. The molecule has 3 heterocycles. The summed E-state index contributed by atoms with van der Waals surface area (Å²) in [4.78, 5) is 32.2. The van der Waals surface area contributed by atoms with Crippen LogP contribution in [0.3, 0.4) is 0 Å². The van der Waals surface area contributed by atoms with E-state index < -0.39 is 5.82 Å². The summed E-state index contributed by atoms with van der Waals surface area (Å²) in [6.45, 7) is 2.09. The van der Waals surface area contributed by atoms with Crippen molar-refractivity contribution >= 4 is 23.5 Å². The number of imidazole rings is 1. The van der Waals surface area contributed by atoms with E-state index in [-0.39, 0.29) is 28.1 Å². The average Bonchev–Trinajstić information content (AvgIpc) is 3.26. The topological polar surface area (TPSA) is 92.8 Å². The van der Waals surface area contributed by atoms with Crippen molar-refractivity contribution in [2.75, 3.05) is 38.2 Å². The van der Waals surface area contributed by atoms with Gasteiger partial charge in [0.1, 0.15) is 17.4 Å². The molecule has 1 aliphatic heterocycles. The molecule has 38 heavy (non-hydrogen) atoms. The fourth-order valence-corrected chi connectivity index (χ4v) is 4.83. The molecule has 1 saturated heterocycles. The van der Waals surface area contributed by atoms with Crippen LogP contribution in [-0.2, 0) is 11.8 Å². The fraction of sp³-hybridized carbons (Fsp3) is 0.222. The molecule has 9 nitrogen and oxygen atoms in total. The first kappa shape index (κ1) is 25.3. The summed E-state index contributed by atoms with van der Waals surface area (Å²) >= 11 is 6.50. The van der Waals surface area contributed by atoms with E-state index in [9.17, 15) is 19.1 Å². The van der Waals surface area contributed by atoms with E-state index in [1.165, 1.54) is 28.4 Å². The second kappa shape index (κ2) is 10.2. The van der Waals surface area contributed by atoms with Gasteiger partial charge in [-0.15, -0.1) is 0 Å². The lowest BCUT2D eigenvalue weighted by Crippen LogP contribution is -2.49. The van der Waals surface area contributed by atoms with Gasteiger partial charge in [0, 0.05) is 62.9 Å². The Labute approximate surface area is 222 Å². The number of anilines is 1. The summed E-state index contributed by atoms with van der Waals surface area (Å²) in [6, 6.07) is 10.9. The number of rotatable bonds is 4. The molecule has 1 fully saturated rings. The molecule has 0 unspecified atom stereocenters. The predicted molar refractivity (Wildman–Crippen MR) is 143 cm³/mol. The van der Waals surface area contributed by atoms with Crippen LogP contribution in [0.4, 0.5) is 15.0 Å². The molecule has 196 valence electrons. The number of phenolic OH excluding ortho intramolecular Hbond substituents is 1. The molecule has 0 aliphatic carbocycles. The lowest BCUT2D eigenvalue weighted by atomic mass is 9.97. The van der Waals surface area contributed by atoms with Gasteiger partial charge in [0.15, 0.2) is 0 Å². The van der Waals surface area contributed by atoms with E-state index in [0.717, 1.165) is 0 Å². The summed E-state index contributed by atoms with van der Waals surface area (Å²) in [7, 11) is 2.99. The molecule has 4 aromatic rings. The van der Waals surface area contributed by atoms with Gasteiger partial charge < -0.3 is 24.2 Å². The molecule has 0 spiro atoms. The van der Waals surface area contributed by atoms with Crippen LogP contribution in [0.25, 0.3) is 27.9 Å². The summed E-state index contributed by atoms with van der Waals surface area (Å²) in [5.41, 5.74) is 1.87. The molecule has 0 bridgehead atoms. The Morgan fingerprint density at radius 2 is 1.71 bits per heavy atom. The zero-order valence-electron chi connectivity index (χ0n) is 20.8. The van der Waals surface area contributed by atoms with Crippen molar-refractivity contribution in [2.24, 2.45) is 7.05 Å². The summed E-state index contributed by atoms with van der Waals surface area (Å²) in [5.74, 6) is 0.00927. The first-order chi connectivity index (χ1) is 18.3. The van der Waals surface area contributed by atoms with Gasteiger partial charge in [-0.05, 0) is 47.5 Å². The molecule has 0 radical (unpaired) electrons. The Balaban J connectivity index is 1.46. The fourth-order valence-electron chi connectivity index (χ4n) is 4.56. The van der Waals surface area contributed by atoms with Crippen molar-refractivity contribution in [3.8, 4) is 33.7 Å². The van der Waals surface area contributed by atoms with Crippen LogP contribution in [0.5, 0.6) is 5.75 Å². The minimum atomic E-state index is -0.530. The average molecular weight is 538 g/mol. The number of piperazine rings is 1. The number of carbonyl (C=O) groups excluding carboxylic acids is 1. The van der Waals surface area contributed by atoms with Crippen LogP contribution in [0.1, 0.15) is 0 Å². The first-order valence-corrected chi connectivity index (χ1v) is 12.3. The SMILES string of the molecule is COC(=O)N1CCN(c2cc(-c3cc(F)cc(-c4ccc(-n5ccn(C)c5=O)c(Cl)c4)c3O)ccn2)CC1. The minimum absolute atomic E-state index is 0.111. The van der Waals surface area contributed by atoms with E-state index in [2.05, 4.69) is 4.98 Å².